The van der Waals surface area contributed by atoms with Crippen LogP contribution in [0.4, 0.5) is 8.78 Å². The number of carbonyl (C=O) groups is 1. The molecule has 3 N–H and O–H groups in total. The van der Waals surface area contributed by atoms with Crippen molar-refractivity contribution in [3.8, 4) is 0 Å². The normalized spacial score (nSPS) is 23.2. The lowest BCUT2D eigenvalue weighted by molar-refractivity contribution is 0.0914. The topological polar surface area (TPSA) is 69.3 Å². The summed E-state index contributed by atoms with van der Waals surface area (Å²) in [5.41, 5.74) is 8.13. The molecule has 1 amide bonds. The summed E-state index contributed by atoms with van der Waals surface area (Å²) >= 11 is 0. The molecule has 1 aromatic carbocycles. The maximum Gasteiger partial charge on any atom is 0.251 e. The summed E-state index contributed by atoms with van der Waals surface area (Å²) in [5, 5.41) is 2.85. The minimum Gasteiger partial charge on any atom is -0.352 e. The summed E-state index contributed by atoms with van der Waals surface area (Å²) in [4.78, 5) is 18.7. The Labute approximate surface area is 168 Å². The van der Waals surface area contributed by atoms with Gasteiger partial charge in [-0.2, -0.15) is 0 Å². The number of rotatable bonds is 5. The second-order valence-electron chi connectivity index (χ2n) is 7.69. The Kier molecular flexibility index (Phi) is 6.13. The number of nitrogens with one attached hydrogen (secondary N) is 3. The summed E-state index contributed by atoms with van der Waals surface area (Å²) in [6, 6.07) is 7.55. The van der Waals surface area contributed by atoms with Crippen molar-refractivity contribution in [1.82, 2.24) is 26.1 Å². The molecule has 2 unspecified atom stereocenters. The molecule has 29 heavy (non-hydrogen) atoms. The molecule has 2 saturated heterocycles. The minimum atomic E-state index is -1.01. The van der Waals surface area contributed by atoms with Crippen molar-refractivity contribution in [3.05, 3.63) is 65.5 Å². The van der Waals surface area contributed by atoms with Crippen LogP contribution in [0.3, 0.4) is 0 Å². The lowest BCUT2D eigenvalue weighted by atomic mass is 9.95. The van der Waals surface area contributed by atoms with Gasteiger partial charge in [0.05, 0.1) is 6.17 Å². The van der Waals surface area contributed by atoms with Crippen molar-refractivity contribution in [1.29, 1.82) is 0 Å². The monoisotopic (exact) mass is 401 g/mol. The Hall–Kier alpha value is -2.42. The minimum absolute atomic E-state index is 0.143. The zero-order chi connectivity index (χ0) is 20.2. The number of carbonyl (C=O) groups excluding carboxylic acids is 1. The van der Waals surface area contributed by atoms with Crippen molar-refractivity contribution >= 4 is 5.91 Å². The number of aromatic nitrogens is 1. The van der Waals surface area contributed by atoms with E-state index in [1.165, 1.54) is 11.6 Å². The molecule has 1 aromatic heterocycles. The zero-order valence-corrected chi connectivity index (χ0v) is 16.1. The molecule has 154 valence electrons. The van der Waals surface area contributed by atoms with Gasteiger partial charge >= 0.3 is 0 Å². The molecule has 2 aromatic rings. The third kappa shape index (κ3) is 4.77. The van der Waals surface area contributed by atoms with E-state index in [1.807, 2.05) is 24.5 Å². The van der Waals surface area contributed by atoms with Gasteiger partial charge in [0.2, 0.25) is 0 Å². The van der Waals surface area contributed by atoms with E-state index >= 15 is 0 Å². The third-order valence-corrected chi connectivity index (χ3v) is 5.81. The van der Waals surface area contributed by atoms with E-state index in [0.29, 0.717) is 12.5 Å². The first-order valence-corrected chi connectivity index (χ1v) is 9.98. The molecular formula is C21H25F2N5O. The van der Waals surface area contributed by atoms with Crippen LogP contribution in [0.25, 0.3) is 0 Å². The van der Waals surface area contributed by atoms with Crippen LogP contribution in [0, 0.1) is 17.6 Å². The standard InChI is InChI=1S/C21H25F2N5O/c22-17-2-1-16(11-18(17)23)21(29)25-13-14-5-9-28(10-6-14)20-12-19(26-27-20)15-3-7-24-8-4-15/h1-4,7-8,11,14,19-20,26-27H,5-6,9-10,12-13H2,(H,25,29). The maximum absolute atomic E-state index is 13.3. The fraction of sp³-hybridized carbons (Fsp3) is 0.429. The van der Waals surface area contributed by atoms with Crippen LogP contribution in [0.2, 0.25) is 0 Å². The molecule has 3 heterocycles. The van der Waals surface area contributed by atoms with Gasteiger partial charge in [0.15, 0.2) is 11.6 Å². The molecule has 6 nitrogen and oxygen atoms in total. The molecule has 8 heteroatoms. The molecule has 0 radical (unpaired) electrons. The first-order chi connectivity index (χ1) is 14.1. The van der Waals surface area contributed by atoms with Crippen molar-refractivity contribution in [2.24, 2.45) is 5.92 Å². The highest BCUT2D eigenvalue weighted by molar-refractivity contribution is 5.94. The molecule has 2 atom stereocenters. The zero-order valence-electron chi connectivity index (χ0n) is 16.1. The highest BCUT2D eigenvalue weighted by atomic mass is 19.2. The van der Waals surface area contributed by atoms with Crippen molar-refractivity contribution in [3.63, 3.8) is 0 Å². The van der Waals surface area contributed by atoms with Crippen LogP contribution >= 0.6 is 0 Å². The second kappa shape index (κ2) is 8.94. The smallest absolute Gasteiger partial charge is 0.251 e. The second-order valence-corrected chi connectivity index (χ2v) is 7.69. The van der Waals surface area contributed by atoms with Gasteiger partial charge in [-0.1, -0.05) is 0 Å². The number of hydrogen-bond donors (Lipinski definition) is 3. The Morgan fingerprint density at radius 1 is 1.10 bits per heavy atom. The highest BCUT2D eigenvalue weighted by Crippen LogP contribution is 2.26. The van der Waals surface area contributed by atoms with E-state index in [9.17, 15) is 13.6 Å². The molecule has 0 spiro atoms. The number of pyridine rings is 1. The average molecular weight is 401 g/mol. The molecule has 4 rings (SSSR count). The summed E-state index contributed by atoms with van der Waals surface area (Å²) in [6.45, 7) is 2.45. The van der Waals surface area contributed by atoms with Crippen LogP contribution in [-0.4, -0.2) is 41.6 Å². The SMILES string of the molecule is O=C(NCC1CCN(C2CC(c3ccncc3)NN2)CC1)c1ccc(F)c(F)c1. The largest absolute Gasteiger partial charge is 0.352 e. The number of benzene rings is 1. The number of amides is 1. The van der Waals surface area contributed by atoms with Gasteiger partial charge in [-0.15, -0.1) is 0 Å². The van der Waals surface area contributed by atoms with Gasteiger partial charge in [-0.05, 0) is 74.2 Å². The number of hydrazine groups is 1. The van der Waals surface area contributed by atoms with Crippen LogP contribution in [-0.2, 0) is 0 Å². The van der Waals surface area contributed by atoms with Gasteiger partial charge in [-0.3, -0.25) is 14.7 Å². The van der Waals surface area contributed by atoms with Crippen LogP contribution in [0.5, 0.6) is 0 Å². The van der Waals surface area contributed by atoms with E-state index in [-0.39, 0.29) is 23.7 Å². The predicted octanol–water partition coefficient (Wildman–Crippen LogP) is 2.37. The summed E-state index contributed by atoms with van der Waals surface area (Å²) in [6.07, 6.45) is 6.86. The number of hydrogen-bond acceptors (Lipinski definition) is 5. The van der Waals surface area contributed by atoms with Crippen molar-refractivity contribution < 1.29 is 13.6 Å². The fourth-order valence-electron chi connectivity index (χ4n) is 4.04. The van der Waals surface area contributed by atoms with E-state index in [0.717, 1.165) is 44.5 Å². The first kappa shape index (κ1) is 19.9. The van der Waals surface area contributed by atoms with Gasteiger partial charge < -0.3 is 5.32 Å². The number of nitrogens with zero attached hydrogens (tertiary/aromatic N) is 2. The fourth-order valence-corrected chi connectivity index (χ4v) is 4.04. The van der Waals surface area contributed by atoms with Crippen molar-refractivity contribution in [2.75, 3.05) is 19.6 Å². The average Bonchev–Trinajstić information content (AvgIpc) is 3.25. The van der Waals surface area contributed by atoms with Gasteiger partial charge in [0.25, 0.3) is 5.91 Å². The molecule has 2 fully saturated rings. The van der Waals surface area contributed by atoms with Gasteiger partial charge in [-0.25, -0.2) is 19.6 Å². The molecule has 0 saturated carbocycles. The van der Waals surface area contributed by atoms with Crippen LogP contribution in [0.15, 0.2) is 42.7 Å². The van der Waals surface area contributed by atoms with E-state index in [2.05, 4.69) is 26.1 Å². The summed E-state index contributed by atoms with van der Waals surface area (Å²) < 4.78 is 26.3. The molecule has 0 aliphatic carbocycles. The Morgan fingerprint density at radius 2 is 1.86 bits per heavy atom. The van der Waals surface area contributed by atoms with Gasteiger partial charge in [0.1, 0.15) is 0 Å². The Balaban J connectivity index is 1.22. The maximum atomic E-state index is 13.3. The summed E-state index contributed by atoms with van der Waals surface area (Å²) in [5.74, 6) is -1.94. The summed E-state index contributed by atoms with van der Waals surface area (Å²) in [7, 11) is 0. The number of likely N-dealkylation sites (tertiary alicyclic amines) is 1. The third-order valence-electron chi connectivity index (χ3n) is 5.81. The number of piperidine rings is 1. The molecule has 0 bridgehead atoms. The van der Waals surface area contributed by atoms with Crippen LogP contribution < -0.4 is 16.2 Å². The highest BCUT2D eigenvalue weighted by Gasteiger charge is 2.31. The predicted molar refractivity (Wildman–Crippen MR) is 105 cm³/mol. The van der Waals surface area contributed by atoms with E-state index in [1.54, 1.807) is 0 Å². The Bertz CT molecular complexity index is 842. The van der Waals surface area contributed by atoms with Crippen LogP contribution in [0.1, 0.15) is 41.2 Å². The lowest BCUT2D eigenvalue weighted by Crippen LogP contribution is -2.49. The van der Waals surface area contributed by atoms with E-state index in [4.69, 9.17) is 0 Å². The molecule has 2 aliphatic heterocycles. The van der Waals surface area contributed by atoms with Gasteiger partial charge in [0, 0.05) is 30.5 Å². The first-order valence-electron chi connectivity index (χ1n) is 9.98. The quantitative estimate of drug-likeness (QED) is 0.718. The molecule has 2 aliphatic rings. The van der Waals surface area contributed by atoms with E-state index < -0.39 is 11.6 Å². The molecular weight excluding hydrogens is 376 g/mol. The lowest BCUT2D eigenvalue weighted by Gasteiger charge is -2.35. The van der Waals surface area contributed by atoms with Crippen molar-refractivity contribution in [2.45, 2.75) is 31.5 Å². The Morgan fingerprint density at radius 3 is 2.59 bits per heavy atom. The number of halogens is 2.